The Morgan fingerprint density at radius 2 is 2.20 bits per heavy atom. The molecular weight excluding hydrogens is 318 g/mol. The first-order valence-corrected chi connectivity index (χ1v) is 9.11. The highest BCUT2D eigenvalue weighted by molar-refractivity contribution is 5.98. The molecular formula is C17H29N7O. The number of nitrogens with one attached hydrogen (secondary N) is 1. The number of anilines is 1. The smallest absolute Gasteiger partial charge is 0.246 e. The minimum atomic E-state index is 0.0860. The molecule has 2 saturated heterocycles. The van der Waals surface area contributed by atoms with E-state index in [9.17, 15) is 4.79 Å². The molecule has 1 amide bonds. The number of nitrogens with zero attached hydrogens (tertiary/aromatic N) is 6. The summed E-state index contributed by atoms with van der Waals surface area (Å²) >= 11 is 0. The first kappa shape index (κ1) is 17.7. The van der Waals surface area contributed by atoms with Gasteiger partial charge in [-0.05, 0) is 33.4 Å². The molecule has 1 N–H and O–H groups in total. The van der Waals surface area contributed by atoms with Gasteiger partial charge in [0, 0.05) is 38.9 Å². The quantitative estimate of drug-likeness (QED) is 0.619. The number of aliphatic imine (C=N–C) groups is 1. The lowest BCUT2D eigenvalue weighted by Crippen LogP contribution is -2.55. The summed E-state index contributed by atoms with van der Waals surface area (Å²) in [5.74, 6) is 0.935. The first-order chi connectivity index (χ1) is 12.1. The van der Waals surface area contributed by atoms with Crippen molar-refractivity contribution in [2.45, 2.75) is 25.8 Å². The molecule has 1 unspecified atom stereocenters. The van der Waals surface area contributed by atoms with Crippen LogP contribution in [0.1, 0.15) is 19.8 Å². The zero-order valence-corrected chi connectivity index (χ0v) is 15.5. The van der Waals surface area contributed by atoms with Gasteiger partial charge in [0.25, 0.3) is 0 Å². The van der Waals surface area contributed by atoms with Crippen LogP contribution in [0.5, 0.6) is 0 Å². The summed E-state index contributed by atoms with van der Waals surface area (Å²) in [5.41, 5.74) is 0.863. The minimum Gasteiger partial charge on any atom is -0.357 e. The fourth-order valence-corrected chi connectivity index (χ4v) is 3.50. The maximum atomic E-state index is 12.6. The van der Waals surface area contributed by atoms with Crippen molar-refractivity contribution in [3.05, 3.63) is 12.4 Å². The van der Waals surface area contributed by atoms with E-state index in [4.69, 9.17) is 4.99 Å². The lowest BCUT2D eigenvalue weighted by Gasteiger charge is -2.35. The number of guanidine groups is 1. The second-order valence-corrected chi connectivity index (χ2v) is 6.81. The molecule has 1 atom stereocenters. The zero-order chi connectivity index (χ0) is 17.8. The Balaban J connectivity index is 1.63. The van der Waals surface area contributed by atoms with Crippen molar-refractivity contribution >= 4 is 17.6 Å². The van der Waals surface area contributed by atoms with Crippen molar-refractivity contribution in [2.75, 3.05) is 51.2 Å². The number of likely N-dealkylation sites (N-methyl/N-ethyl adjacent to an activating group) is 1. The molecule has 3 heterocycles. The fourth-order valence-electron chi connectivity index (χ4n) is 3.50. The summed E-state index contributed by atoms with van der Waals surface area (Å²) in [5, 5.41) is 7.50. The second kappa shape index (κ2) is 7.86. The fraction of sp³-hybridized carbons (Fsp3) is 0.706. The molecule has 25 heavy (non-hydrogen) atoms. The maximum absolute atomic E-state index is 12.6. The topological polar surface area (TPSA) is 69.0 Å². The molecule has 0 spiro atoms. The number of carbonyl (C=O) groups is 1. The largest absolute Gasteiger partial charge is 0.357 e. The molecule has 0 radical (unpaired) electrons. The van der Waals surface area contributed by atoms with Crippen LogP contribution in [0.25, 0.3) is 0 Å². The van der Waals surface area contributed by atoms with E-state index < -0.39 is 0 Å². The number of aryl methyl sites for hydroxylation is 1. The summed E-state index contributed by atoms with van der Waals surface area (Å²) < 4.78 is 1.72. The van der Waals surface area contributed by atoms with Gasteiger partial charge in [-0.1, -0.05) is 0 Å². The van der Waals surface area contributed by atoms with Crippen LogP contribution in [0.15, 0.2) is 17.4 Å². The third kappa shape index (κ3) is 4.12. The molecule has 1 aromatic heterocycles. The highest BCUT2D eigenvalue weighted by Crippen LogP contribution is 2.17. The van der Waals surface area contributed by atoms with Gasteiger partial charge in [-0.3, -0.25) is 14.5 Å². The van der Waals surface area contributed by atoms with Gasteiger partial charge in [0.15, 0.2) is 5.96 Å². The van der Waals surface area contributed by atoms with Crippen LogP contribution in [-0.2, 0) is 11.8 Å². The normalized spacial score (nSPS) is 22.8. The SMILES string of the molecule is CCNC(=NCC1CCCN1C)N1CCN(c2cnn(C)c2)C(=O)C1. The predicted molar refractivity (Wildman–Crippen MR) is 98.8 cm³/mol. The van der Waals surface area contributed by atoms with Crippen LogP contribution in [0.4, 0.5) is 5.69 Å². The van der Waals surface area contributed by atoms with Gasteiger partial charge in [0.2, 0.25) is 5.91 Å². The first-order valence-electron chi connectivity index (χ1n) is 9.11. The molecule has 2 fully saturated rings. The van der Waals surface area contributed by atoms with Gasteiger partial charge in [0.1, 0.15) is 6.54 Å². The molecule has 0 aromatic carbocycles. The van der Waals surface area contributed by atoms with E-state index in [2.05, 4.69) is 34.2 Å². The van der Waals surface area contributed by atoms with E-state index in [0.717, 1.165) is 37.8 Å². The molecule has 8 heteroatoms. The third-order valence-electron chi connectivity index (χ3n) is 4.98. The van der Waals surface area contributed by atoms with Crippen LogP contribution in [0, 0.1) is 0 Å². The summed E-state index contributed by atoms with van der Waals surface area (Å²) in [6.07, 6.45) is 6.06. The summed E-state index contributed by atoms with van der Waals surface area (Å²) in [7, 11) is 4.02. The number of hydrogen-bond acceptors (Lipinski definition) is 4. The Kier molecular flexibility index (Phi) is 5.57. The van der Waals surface area contributed by atoms with Crippen LogP contribution >= 0.6 is 0 Å². The molecule has 8 nitrogen and oxygen atoms in total. The van der Waals surface area contributed by atoms with Gasteiger partial charge < -0.3 is 20.0 Å². The zero-order valence-electron chi connectivity index (χ0n) is 15.5. The van der Waals surface area contributed by atoms with Crippen LogP contribution < -0.4 is 10.2 Å². The Morgan fingerprint density at radius 1 is 1.36 bits per heavy atom. The summed E-state index contributed by atoms with van der Waals surface area (Å²) in [6.45, 7) is 6.57. The van der Waals surface area contributed by atoms with E-state index in [1.165, 1.54) is 12.8 Å². The Hall–Kier alpha value is -2.09. The lowest BCUT2D eigenvalue weighted by atomic mass is 10.2. The third-order valence-corrected chi connectivity index (χ3v) is 4.98. The second-order valence-electron chi connectivity index (χ2n) is 6.81. The number of piperazine rings is 1. The number of aromatic nitrogens is 2. The van der Waals surface area contributed by atoms with Gasteiger partial charge in [-0.15, -0.1) is 0 Å². The summed E-state index contributed by atoms with van der Waals surface area (Å²) in [6, 6.07) is 0.515. The number of rotatable bonds is 4. The van der Waals surface area contributed by atoms with Crippen molar-refractivity contribution < 1.29 is 4.79 Å². The van der Waals surface area contributed by atoms with Gasteiger partial charge in [0.05, 0.1) is 18.4 Å². The van der Waals surface area contributed by atoms with E-state index >= 15 is 0 Å². The van der Waals surface area contributed by atoms with Gasteiger partial charge >= 0.3 is 0 Å². The molecule has 0 bridgehead atoms. The van der Waals surface area contributed by atoms with Crippen LogP contribution in [0.2, 0.25) is 0 Å². The molecule has 138 valence electrons. The Labute approximate surface area is 149 Å². The number of likely N-dealkylation sites (tertiary alicyclic amines) is 1. The van der Waals surface area contributed by atoms with E-state index in [-0.39, 0.29) is 5.91 Å². The lowest BCUT2D eigenvalue weighted by molar-refractivity contribution is -0.120. The number of carbonyl (C=O) groups excluding carboxylic acids is 1. The highest BCUT2D eigenvalue weighted by Gasteiger charge is 2.28. The van der Waals surface area contributed by atoms with E-state index in [0.29, 0.717) is 19.1 Å². The highest BCUT2D eigenvalue weighted by atomic mass is 16.2. The summed E-state index contributed by atoms with van der Waals surface area (Å²) in [4.78, 5) is 23.6. The molecule has 0 saturated carbocycles. The number of hydrogen-bond donors (Lipinski definition) is 1. The monoisotopic (exact) mass is 347 g/mol. The van der Waals surface area contributed by atoms with E-state index in [1.54, 1.807) is 15.8 Å². The Morgan fingerprint density at radius 3 is 2.80 bits per heavy atom. The van der Waals surface area contributed by atoms with Gasteiger partial charge in [-0.2, -0.15) is 5.10 Å². The molecule has 3 rings (SSSR count). The predicted octanol–water partition coefficient (Wildman–Crippen LogP) is 0.128. The molecule has 1 aromatic rings. The average molecular weight is 347 g/mol. The van der Waals surface area contributed by atoms with Gasteiger partial charge in [-0.25, -0.2) is 0 Å². The maximum Gasteiger partial charge on any atom is 0.246 e. The van der Waals surface area contributed by atoms with Crippen molar-refractivity contribution in [2.24, 2.45) is 12.0 Å². The minimum absolute atomic E-state index is 0.0860. The van der Waals surface area contributed by atoms with Crippen molar-refractivity contribution in [3.63, 3.8) is 0 Å². The van der Waals surface area contributed by atoms with Crippen LogP contribution in [0.3, 0.4) is 0 Å². The molecule has 2 aliphatic heterocycles. The van der Waals surface area contributed by atoms with E-state index in [1.807, 2.05) is 13.2 Å². The van der Waals surface area contributed by atoms with Crippen molar-refractivity contribution in [3.8, 4) is 0 Å². The number of amides is 1. The van der Waals surface area contributed by atoms with Crippen molar-refractivity contribution in [1.29, 1.82) is 0 Å². The van der Waals surface area contributed by atoms with Crippen molar-refractivity contribution in [1.82, 2.24) is 24.9 Å². The average Bonchev–Trinajstić information content (AvgIpc) is 3.20. The van der Waals surface area contributed by atoms with Crippen LogP contribution in [-0.4, -0.2) is 83.8 Å². The molecule has 2 aliphatic rings. The molecule has 0 aliphatic carbocycles. The standard InChI is InChI=1S/C17H29N7O/c1-4-18-17(19-10-14-6-5-7-21(14)2)23-8-9-24(16(25)13-23)15-11-20-22(3)12-15/h11-12,14H,4-10,13H2,1-3H3,(H,18,19). The Bertz CT molecular complexity index is 626.